The van der Waals surface area contributed by atoms with Gasteiger partial charge in [0.2, 0.25) is 0 Å². The Morgan fingerprint density at radius 2 is 0.667 bits per heavy atom. The van der Waals surface area contributed by atoms with Crippen LogP contribution in [0.15, 0.2) is 182 Å². The van der Waals surface area contributed by atoms with Crippen molar-refractivity contribution in [3.05, 3.63) is 210 Å². The highest BCUT2D eigenvalue weighted by molar-refractivity contribution is 7.20. The van der Waals surface area contributed by atoms with Crippen molar-refractivity contribution in [2.75, 3.05) is 9.80 Å². The SMILES string of the molecule is CC(C)(C)c1ccc(N2c3ccc(C(C)(C)C)cc3B3c4cc([Si](c5ccccc5)(c5ccccc5)c5ccccc5)ccc4N(c4cc(C(C)(C)C)cc(C(C)(C)C)c4)c4cc(C(C)(C)C)cc2c43)cc1. The van der Waals surface area contributed by atoms with Gasteiger partial charge in [0.15, 0.2) is 8.07 Å². The summed E-state index contributed by atoms with van der Waals surface area (Å²) in [4.78, 5) is 5.28. The van der Waals surface area contributed by atoms with E-state index in [2.05, 4.69) is 296 Å². The van der Waals surface area contributed by atoms with Crippen LogP contribution in [-0.4, -0.2) is 14.8 Å². The molecule has 4 heteroatoms. The van der Waals surface area contributed by atoms with E-state index in [1.54, 1.807) is 0 Å². The Balaban J connectivity index is 1.39. The van der Waals surface area contributed by atoms with Gasteiger partial charge >= 0.3 is 0 Å². The van der Waals surface area contributed by atoms with Crippen molar-refractivity contribution in [3.8, 4) is 0 Å². The summed E-state index contributed by atoms with van der Waals surface area (Å²) in [5, 5.41) is 5.52. The van der Waals surface area contributed by atoms with Gasteiger partial charge in [-0.05, 0) is 141 Å². The average Bonchev–Trinajstić information content (AvgIpc) is 3.33. The number of rotatable bonds is 6. The summed E-state index contributed by atoms with van der Waals surface area (Å²) in [6.45, 7) is 35.3. The molecule has 0 N–H and O–H groups in total. The smallest absolute Gasteiger partial charge is 0.252 e. The fraction of sp³-hybridized carbons (Fsp3) is 0.294. The Labute approximate surface area is 434 Å². The summed E-state index contributed by atoms with van der Waals surface area (Å²) < 4.78 is 0. The molecule has 8 aromatic rings. The van der Waals surface area contributed by atoms with Gasteiger partial charge in [0.25, 0.3) is 6.71 Å². The topological polar surface area (TPSA) is 6.48 Å². The van der Waals surface area contributed by atoms with Crippen molar-refractivity contribution < 1.29 is 0 Å². The first kappa shape index (κ1) is 49.2. The van der Waals surface area contributed by atoms with Gasteiger partial charge in [0.1, 0.15) is 0 Å². The van der Waals surface area contributed by atoms with E-state index >= 15 is 0 Å². The number of hydrogen-bond acceptors (Lipinski definition) is 2. The fourth-order valence-electron chi connectivity index (χ4n) is 11.5. The van der Waals surface area contributed by atoms with E-state index in [4.69, 9.17) is 0 Å². The van der Waals surface area contributed by atoms with Gasteiger partial charge in [-0.2, -0.15) is 0 Å². The van der Waals surface area contributed by atoms with Gasteiger partial charge in [-0.15, -0.1) is 0 Å². The highest BCUT2D eigenvalue weighted by Crippen LogP contribution is 2.48. The zero-order chi connectivity index (χ0) is 51.3. The average molecular weight is 959 g/mol. The van der Waals surface area contributed by atoms with Crippen LogP contribution in [-0.2, 0) is 27.1 Å². The molecule has 0 fully saturated rings. The summed E-state index contributed by atoms with van der Waals surface area (Å²) in [5.74, 6) is 0. The van der Waals surface area contributed by atoms with Gasteiger partial charge < -0.3 is 9.80 Å². The van der Waals surface area contributed by atoms with Crippen LogP contribution in [0, 0.1) is 0 Å². The van der Waals surface area contributed by atoms with Gasteiger partial charge in [-0.3, -0.25) is 0 Å². The van der Waals surface area contributed by atoms with E-state index in [1.165, 1.54) is 99.1 Å². The number of benzene rings is 8. The molecule has 0 saturated carbocycles. The van der Waals surface area contributed by atoms with Crippen LogP contribution in [0.4, 0.5) is 34.1 Å². The van der Waals surface area contributed by atoms with Crippen molar-refractivity contribution in [1.29, 1.82) is 0 Å². The lowest BCUT2D eigenvalue weighted by molar-refractivity contribution is 0.568. The molecule has 10 rings (SSSR count). The standard InChI is InChI=1S/C68H75BN2Si/c1-64(2,3)46-31-34-51(35-32-46)70-59-37-33-47(65(4,5)6)42-57(59)69-58-45-56(72(53-25-19-16-20-26-53,54-27-21-17-22-28-54)55-29-23-18-24-30-55)36-38-60(58)71(62-44-50(68(13,14)15)43-61(70)63(62)69)52-40-48(66(7,8)9)39-49(41-52)67(10,11)12/h16-45H,1-15H3. The second-order valence-corrected chi connectivity index (χ2v) is 29.8. The zero-order valence-electron chi connectivity index (χ0n) is 45.8. The highest BCUT2D eigenvalue weighted by Gasteiger charge is 2.48. The lowest BCUT2D eigenvalue weighted by atomic mass is 9.33. The summed E-state index contributed by atoms with van der Waals surface area (Å²) in [5.41, 5.74) is 17.8. The summed E-state index contributed by atoms with van der Waals surface area (Å²) in [6, 6.07) is 71.4. The lowest BCUT2D eigenvalue weighted by Crippen LogP contribution is -2.75. The predicted molar refractivity (Wildman–Crippen MR) is 318 cm³/mol. The van der Waals surface area contributed by atoms with Crippen molar-refractivity contribution in [1.82, 2.24) is 0 Å². The molecule has 2 heterocycles. The van der Waals surface area contributed by atoms with Crippen molar-refractivity contribution in [2.45, 2.75) is 131 Å². The maximum Gasteiger partial charge on any atom is 0.252 e. The number of fused-ring (bicyclic) bond motifs is 4. The molecular weight excluding hydrogens is 884 g/mol. The molecule has 0 bridgehead atoms. The van der Waals surface area contributed by atoms with E-state index in [9.17, 15) is 0 Å². The Morgan fingerprint density at radius 1 is 0.292 bits per heavy atom. The first-order valence-electron chi connectivity index (χ1n) is 26.4. The molecule has 0 unspecified atom stereocenters. The minimum absolute atomic E-state index is 0.0313. The largest absolute Gasteiger partial charge is 0.311 e. The third-order valence-electron chi connectivity index (χ3n) is 15.8. The van der Waals surface area contributed by atoms with Crippen LogP contribution in [0.2, 0.25) is 0 Å². The maximum atomic E-state index is 2.68. The van der Waals surface area contributed by atoms with E-state index < -0.39 is 8.07 Å². The molecule has 0 aromatic heterocycles. The molecular formula is C68H75BN2Si. The molecule has 2 aliphatic rings. The molecule has 2 nitrogen and oxygen atoms in total. The van der Waals surface area contributed by atoms with Crippen LogP contribution in [0.3, 0.4) is 0 Å². The minimum Gasteiger partial charge on any atom is -0.311 e. The van der Waals surface area contributed by atoms with Crippen LogP contribution in [0.25, 0.3) is 0 Å². The molecule has 2 aliphatic heterocycles. The first-order valence-corrected chi connectivity index (χ1v) is 28.4. The third kappa shape index (κ3) is 8.48. The zero-order valence-corrected chi connectivity index (χ0v) is 46.8. The van der Waals surface area contributed by atoms with Gasteiger partial charge in [-0.1, -0.05) is 237 Å². The molecule has 0 atom stereocenters. The Kier molecular flexibility index (Phi) is 11.9. The normalized spacial score (nSPS) is 14.0. The summed E-state index contributed by atoms with van der Waals surface area (Å²) >= 11 is 0. The maximum absolute atomic E-state index is 2.94. The van der Waals surface area contributed by atoms with E-state index in [-0.39, 0.29) is 33.8 Å². The van der Waals surface area contributed by atoms with Crippen molar-refractivity contribution in [2.24, 2.45) is 0 Å². The Morgan fingerprint density at radius 3 is 1.10 bits per heavy atom. The van der Waals surface area contributed by atoms with Gasteiger partial charge in [0.05, 0.1) is 0 Å². The summed E-state index contributed by atoms with van der Waals surface area (Å²) in [7, 11) is -2.94. The molecule has 0 radical (unpaired) electrons. The summed E-state index contributed by atoms with van der Waals surface area (Å²) in [6.07, 6.45) is 0. The van der Waals surface area contributed by atoms with Gasteiger partial charge in [0, 0.05) is 34.1 Å². The third-order valence-corrected chi connectivity index (χ3v) is 20.5. The Hall–Kier alpha value is -6.36. The van der Waals surface area contributed by atoms with Gasteiger partial charge in [-0.25, -0.2) is 0 Å². The van der Waals surface area contributed by atoms with Crippen molar-refractivity contribution >= 4 is 86.0 Å². The lowest BCUT2D eigenvalue weighted by Gasteiger charge is -2.46. The molecule has 0 amide bonds. The van der Waals surface area contributed by atoms with Crippen LogP contribution in [0.1, 0.15) is 132 Å². The second kappa shape index (κ2) is 17.4. The number of nitrogens with zero attached hydrogens (tertiary/aromatic N) is 2. The second-order valence-electron chi connectivity index (χ2n) is 26.0. The highest BCUT2D eigenvalue weighted by atomic mass is 28.3. The van der Waals surface area contributed by atoms with E-state index in [0.717, 1.165) is 0 Å². The minimum atomic E-state index is -2.94. The quantitative estimate of drug-likeness (QED) is 0.121. The molecule has 0 aliphatic carbocycles. The molecule has 0 spiro atoms. The van der Waals surface area contributed by atoms with Crippen molar-refractivity contribution in [3.63, 3.8) is 0 Å². The number of hydrogen-bond donors (Lipinski definition) is 0. The number of anilines is 6. The van der Waals surface area contributed by atoms with Crippen LogP contribution >= 0.6 is 0 Å². The van der Waals surface area contributed by atoms with E-state index in [1.807, 2.05) is 0 Å². The van der Waals surface area contributed by atoms with E-state index in [0.29, 0.717) is 0 Å². The molecule has 0 saturated heterocycles. The Bertz CT molecular complexity index is 3170. The van der Waals surface area contributed by atoms with Crippen LogP contribution < -0.4 is 46.9 Å². The van der Waals surface area contributed by atoms with Crippen LogP contribution in [0.5, 0.6) is 0 Å². The molecule has 8 aromatic carbocycles. The molecule has 364 valence electrons. The first-order chi connectivity index (χ1) is 33.9. The molecule has 72 heavy (non-hydrogen) atoms. The fourth-order valence-corrected chi connectivity index (χ4v) is 16.3. The predicted octanol–water partition coefficient (Wildman–Crippen LogP) is 13.6. The monoisotopic (exact) mass is 959 g/mol.